The molecule has 0 unspecified atom stereocenters. The fourth-order valence-electron chi connectivity index (χ4n) is 1.89. The van der Waals surface area contributed by atoms with E-state index in [1.807, 2.05) is 13.8 Å². The molecule has 0 atom stereocenters. The topological polar surface area (TPSA) is 75.3 Å². The number of rotatable bonds is 8. The normalized spacial score (nSPS) is 12.5. The molecule has 0 aliphatic rings. The van der Waals surface area contributed by atoms with Gasteiger partial charge in [0, 0.05) is 19.7 Å². The van der Waals surface area contributed by atoms with Crippen LogP contribution in [-0.2, 0) is 14.8 Å². The molecule has 0 bridgehead atoms. The standard InChI is InChI=1S/C11H21N3O3S/c1-4-10(5-2)14(8-9-17-3)18(15,16)11-6-7-12-13-11/h6-7,10H,4-5,8-9H2,1-3H3,(H,12,13). The summed E-state index contributed by atoms with van der Waals surface area (Å²) in [6.45, 7) is 4.70. The first kappa shape index (κ1) is 15.1. The van der Waals surface area contributed by atoms with Crippen LogP contribution >= 0.6 is 0 Å². The van der Waals surface area contributed by atoms with Crippen molar-refractivity contribution in [3.63, 3.8) is 0 Å². The van der Waals surface area contributed by atoms with Crippen molar-refractivity contribution < 1.29 is 13.2 Å². The van der Waals surface area contributed by atoms with Gasteiger partial charge in [0.05, 0.1) is 12.8 Å². The van der Waals surface area contributed by atoms with Gasteiger partial charge in [-0.15, -0.1) is 0 Å². The first-order chi connectivity index (χ1) is 8.57. The summed E-state index contributed by atoms with van der Waals surface area (Å²) in [5.74, 6) is 0. The van der Waals surface area contributed by atoms with Crippen LogP contribution in [0.15, 0.2) is 17.3 Å². The molecule has 1 N–H and O–H groups in total. The molecule has 0 saturated heterocycles. The second-order valence-electron chi connectivity index (χ2n) is 4.00. The molecule has 0 aromatic carbocycles. The van der Waals surface area contributed by atoms with Crippen molar-refractivity contribution in [2.45, 2.75) is 37.8 Å². The number of methoxy groups -OCH3 is 1. The number of nitrogens with one attached hydrogen (secondary N) is 1. The zero-order valence-corrected chi connectivity index (χ0v) is 11.9. The van der Waals surface area contributed by atoms with Gasteiger partial charge < -0.3 is 4.74 Å². The van der Waals surface area contributed by atoms with Crippen molar-refractivity contribution in [2.24, 2.45) is 0 Å². The summed E-state index contributed by atoms with van der Waals surface area (Å²) in [5, 5.41) is 6.35. The van der Waals surface area contributed by atoms with Crippen LogP contribution in [0.3, 0.4) is 0 Å². The highest BCUT2D eigenvalue weighted by atomic mass is 32.2. The molecule has 6 nitrogen and oxygen atoms in total. The Bertz CT molecular complexity index is 426. The van der Waals surface area contributed by atoms with E-state index in [-0.39, 0.29) is 11.1 Å². The number of sulfonamides is 1. The van der Waals surface area contributed by atoms with E-state index in [1.54, 1.807) is 7.11 Å². The summed E-state index contributed by atoms with van der Waals surface area (Å²) in [5.41, 5.74) is 0. The van der Waals surface area contributed by atoms with Crippen molar-refractivity contribution in [3.05, 3.63) is 12.3 Å². The lowest BCUT2D eigenvalue weighted by atomic mass is 10.2. The summed E-state index contributed by atoms with van der Waals surface area (Å²) >= 11 is 0. The first-order valence-corrected chi connectivity index (χ1v) is 7.52. The monoisotopic (exact) mass is 275 g/mol. The van der Waals surface area contributed by atoms with Gasteiger partial charge in [-0.25, -0.2) is 8.42 Å². The lowest BCUT2D eigenvalue weighted by Crippen LogP contribution is -2.41. The molecule has 1 heterocycles. The number of aromatic amines is 1. The molecule has 104 valence electrons. The van der Waals surface area contributed by atoms with E-state index >= 15 is 0 Å². The fourth-order valence-corrected chi connectivity index (χ4v) is 3.55. The Balaban J connectivity index is 3.01. The minimum atomic E-state index is -3.52. The molecule has 0 saturated carbocycles. The Labute approximate surface area is 108 Å². The minimum Gasteiger partial charge on any atom is -0.383 e. The van der Waals surface area contributed by atoms with E-state index in [1.165, 1.54) is 16.6 Å². The number of aromatic nitrogens is 2. The second kappa shape index (κ2) is 6.86. The molecule has 18 heavy (non-hydrogen) atoms. The third kappa shape index (κ3) is 3.30. The second-order valence-corrected chi connectivity index (χ2v) is 5.86. The van der Waals surface area contributed by atoms with Gasteiger partial charge in [-0.05, 0) is 18.9 Å². The lowest BCUT2D eigenvalue weighted by Gasteiger charge is -2.28. The molecule has 1 aromatic rings. The quantitative estimate of drug-likeness (QED) is 0.774. The molecule has 1 rings (SSSR count). The van der Waals surface area contributed by atoms with Crippen LogP contribution in [0.5, 0.6) is 0 Å². The largest absolute Gasteiger partial charge is 0.383 e. The van der Waals surface area contributed by atoms with Crippen molar-refractivity contribution >= 4 is 10.0 Å². The number of nitrogens with zero attached hydrogens (tertiary/aromatic N) is 2. The van der Waals surface area contributed by atoms with E-state index < -0.39 is 10.0 Å². The van der Waals surface area contributed by atoms with Crippen molar-refractivity contribution in [1.29, 1.82) is 0 Å². The Morgan fingerprint density at radius 1 is 1.44 bits per heavy atom. The third-order valence-corrected chi connectivity index (χ3v) is 4.81. The van der Waals surface area contributed by atoms with Gasteiger partial charge in [0.15, 0.2) is 5.03 Å². The van der Waals surface area contributed by atoms with E-state index in [0.717, 1.165) is 12.8 Å². The van der Waals surface area contributed by atoms with Crippen LogP contribution in [0.25, 0.3) is 0 Å². The number of hydrogen-bond acceptors (Lipinski definition) is 4. The SMILES string of the molecule is CCC(CC)N(CCOC)S(=O)(=O)c1ccn[nH]1. The Morgan fingerprint density at radius 3 is 2.56 bits per heavy atom. The Hall–Kier alpha value is -0.920. The van der Waals surface area contributed by atoms with Crippen molar-refractivity contribution in [2.75, 3.05) is 20.3 Å². The van der Waals surface area contributed by atoms with Gasteiger partial charge in [0.25, 0.3) is 10.0 Å². The van der Waals surface area contributed by atoms with E-state index in [2.05, 4.69) is 10.2 Å². The maximum atomic E-state index is 12.5. The number of hydrogen-bond donors (Lipinski definition) is 1. The maximum absolute atomic E-state index is 12.5. The maximum Gasteiger partial charge on any atom is 0.260 e. The van der Waals surface area contributed by atoms with Crippen LogP contribution in [0.2, 0.25) is 0 Å². The van der Waals surface area contributed by atoms with E-state index in [0.29, 0.717) is 13.2 Å². The van der Waals surface area contributed by atoms with Crippen LogP contribution in [0, 0.1) is 0 Å². The summed E-state index contributed by atoms with van der Waals surface area (Å²) < 4.78 is 31.4. The number of ether oxygens (including phenoxy) is 1. The van der Waals surface area contributed by atoms with Gasteiger partial charge in [-0.3, -0.25) is 5.10 Å². The molecular formula is C11H21N3O3S. The summed E-state index contributed by atoms with van der Waals surface area (Å²) in [6, 6.07) is 1.45. The van der Waals surface area contributed by atoms with Gasteiger partial charge in [-0.1, -0.05) is 13.8 Å². The van der Waals surface area contributed by atoms with Crippen LogP contribution in [-0.4, -0.2) is 49.2 Å². The fraction of sp³-hybridized carbons (Fsp3) is 0.727. The molecule has 1 aromatic heterocycles. The molecule has 0 radical (unpaired) electrons. The lowest BCUT2D eigenvalue weighted by molar-refractivity contribution is 0.163. The average molecular weight is 275 g/mol. The van der Waals surface area contributed by atoms with Gasteiger partial charge in [0.2, 0.25) is 0 Å². The molecule has 0 amide bonds. The molecule has 0 aliphatic heterocycles. The first-order valence-electron chi connectivity index (χ1n) is 6.08. The van der Waals surface area contributed by atoms with E-state index in [9.17, 15) is 8.42 Å². The molecular weight excluding hydrogens is 254 g/mol. The number of H-pyrrole nitrogens is 1. The summed E-state index contributed by atoms with van der Waals surface area (Å²) in [7, 11) is -1.95. The van der Waals surface area contributed by atoms with E-state index in [4.69, 9.17) is 4.74 Å². The summed E-state index contributed by atoms with van der Waals surface area (Å²) in [4.78, 5) is 0. The summed E-state index contributed by atoms with van der Waals surface area (Å²) in [6.07, 6.45) is 2.98. The predicted octanol–water partition coefficient (Wildman–Crippen LogP) is 1.24. The van der Waals surface area contributed by atoms with Gasteiger partial charge in [-0.2, -0.15) is 9.40 Å². The Kier molecular flexibility index (Phi) is 5.77. The van der Waals surface area contributed by atoms with Gasteiger partial charge in [0.1, 0.15) is 0 Å². The predicted molar refractivity (Wildman–Crippen MR) is 68.7 cm³/mol. The molecule has 0 aliphatic carbocycles. The zero-order chi connectivity index (χ0) is 13.6. The third-order valence-electron chi connectivity index (χ3n) is 2.93. The molecule has 7 heteroatoms. The highest BCUT2D eigenvalue weighted by Gasteiger charge is 2.30. The highest BCUT2D eigenvalue weighted by Crippen LogP contribution is 2.19. The Morgan fingerprint density at radius 2 is 2.11 bits per heavy atom. The van der Waals surface area contributed by atoms with Crippen molar-refractivity contribution in [1.82, 2.24) is 14.5 Å². The molecule has 0 spiro atoms. The average Bonchev–Trinajstić information content (AvgIpc) is 2.88. The zero-order valence-electron chi connectivity index (χ0n) is 11.1. The molecule has 0 fully saturated rings. The van der Waals surface area contributed by atoms with Crippen LogP contribution in [0.4, 0.5) is 0 Å². The van der Waals surface area contributed by atoms with Crippen LogP contribution in [0.1, 0.15) is 26.7 Å². The van der Waals surface area contributed by atoms with Gasteiger partial charge >= 0.3 is 0 Å². The highest BCUT2D eigenvalue weighted by molar-refractivity contribution is 7.89. The minimum absolute atomic E-state index is 0.0200. The van der Waals surface area contributed by atoms with Crippen molar-refractivity contribution in [3.8, 4) is 0 Å². The van der Waals surface area contributed by atoms with Crippen LogP contribution < -0.4 is 0 Å². The smallest absolute Gasteiger partial charge is 0.260 e.